The van der Waals surface area contributed by atoms with Gasteiger partial charge in [0.15, 0.2) is 0 Å². The Balaban J connectivity index is 2.32. The van der Waals surface area contributed by atoms with Gasteiger partial charge in [-0.1, -0.05) is 48.9 Å². The molecule has 0 bridgehead atoms. The van der Waals surface area contributed by atoms with Crippen molar-refractivity contribution in [2.24, 2.45) is 5.92 Å². The summed E-state index contributed by atoms with van der Waals surface area (Å²) in [5, 5.41) is 12.8. The Kier molecular flexibility index (Phi) is 3.70. The molecule has 2 aromatic rings. The standard InChI is InChI=1S/C21H24O/c1-12-13(2)15(4)20(14(12)3)19-11-10-17-8-6-7-9-18(17)21(19)16(5)22/h6-11,14,16,22H,1-5H3. The van der Waals surface area contributed by atoms with Gasteiger partial charge in [-0.3, -0.25) is 0 Å². The summed E-state index contributed by atoms with van der Waals surface area (Å²) in [6.45, 7) is 10.8. The van der Waals surface area contributed by atoms with Crippen molar-refractivity contribution in [2.75, 3.05) is 0 Å². The highest BCUT2D eigenvalue weighted by Gasteiger charge is 2.27. The van der Waals surface area contributed by atoms with Crippen LogP contribution in [0.2, 0.25) is 0 Å². The van der Waals surface area contributed by atoms with Crippen LogP contribution in [0.1, 0.15) is 51.8 Å². The summed E-state index contributed by atoms with van der Waals surface area (Å²) in [6, 6.07) is 12.7. The van der Waals surface area contributed by atoms with Crippen LogP contribution in [0, 0.1) is 5.92 Å². The summed E-state index contributed by atoms with van der Waals surface area (Å²) in [6.07, 6.45) is -0.477. The summed E-state index contributed by atoms with van der Waals surface area (Å²) in [5.41, 5.74) is 7.83. The highest BCUT2D eigenvalue weighted by molar-refractivity contribution is 5.93. The van der Waals surface area contributed by atoms with Gasteiger partial charge in [-0.05, 0) is 66.3 Å². The molecule has 0 spiro atoms. The maximum atomic E-state index is 10.4. The minimum absolute atomic E-state index is 0.415. The summed E-state index contributed by atoms with van der Waals surface area (Å²) in [5.74, 6) is 0.415. The van der Waals surface area contributed by atoms with Crippen LogP contribution in [0.3, 0.4) is 0 Å². The van der Waals surface area contributed by atoms with E-state index in [1.807, 2.05) is 19.1 Å². The number of hydrogen-bond acceptors (Lipinski definition) is 1. The van der Waals surface area contributed by atoms with Gasteiger partial charge < -0.3 is 5.11 Å². The van der Waals surface area contributed by atoms with Crippen LogP contribution in [-0.4, -0.2) is 5.11 Å². The molecule has 2 unspecified atom stereocenters. The highest BCUT2D eigenvalue weighted by atomic mass is 16.3. The van der Waals surface area contributed by atoms with E-state index >= 15 is 0 Å². The van der Waals surface area contributed by atoms with Crippen molar-refractivity contribution in [3.8, 4) is 0 Å². The van der Waals surface area contributed by atoms with E-state index in [-0.39, 0.29) is 0 Å². The molecule has 22 heavy (non-hydrogen) atoms. The van der Waals surface area contributed by atoms with Crippen molar-refractivity contribution in [2.45, 2.75) is 40.7 Å². The number of aliphatic hydroxyl groups excluding tert-OH is 1. The van der Waals surface area contributed by atoms with Gasteiger partial charge in [0.25, 0.3) is 0 Å². The molecule has 1 heteroatoms. The minimum atomic E-state index is -0.477. The molecule has 3 rings (SSSR count). The fourth-order valence-electron chi connectivity index (χ4n) is 3.78. The number of rotatable bonds is 2. The summed E-state index contributed by atoms with van der Waals surface area (Å²) in [4.78, 5) is 0. The normalized spacial score (nSPS) is 20.2. The molecule has 2 aromatic carbocycles. The molecule has 0 amide bonds. The summed E-state index contributed by atoms with van der Waals surface area (Å²) < 4.78 is 0. The third-order valence-electron chi connectivity index (χ3n) is 5.32. The zero-order valence-corrected chi connectivity index (χ0v) is 14.1. The number of fused-ring (bicyclic) bond motifs is 1. The number of hydrogen-bond donors (Lipinski definition) is 1. The van der Waals surface area contributed by atoms with Gasteiger partial charge in [-0.15, -0.1) is 0 Å². The van der Waals surface area contributed by atoms with Crippen molar-refractivity contribution in [3.63, 3.8) is 0 Å². The first kappa shape index (κ1) is 15.1. The minimum Gasteiger partial charge on any atom is -0.389 e. The lowest BCUT2D eigenvalue weighted by atomic mass is 9.85. The lowest BCUT2D eigenvalue weighted by Crippen LogP contribution is -2.04. The molecule has 1 nitrogen and oxygen atoms in total. The molecule has 0 saturated heterocycles. The average Bonchev–Trinajstić information content (AvgIpc) is 2.70. The summed E-state index contributed by atoms with van der Waals surface area (Å²) in [7, 11) is 0. The second kappa shape index (κ2) is 5.40. The zero-order chi connectivity index (χ0) is 16.0. The van der Waals surface area contributed by atoms with E-state index in [1.54, 1.807) is 0 Å². The second-order valence-corrected chi connectivity index (χ2v) is 6.49. The van der Waals surface area contributed by atoms with Crippen LogP contribution in [0.15, 0.2) is 53.1 Å². The van der Waals surface area contributed by atoms with E-state index < -0.39 is 6.10 Å². The Hall–Kier alpha value is -1.86. The molecule has 1 aliphatic rings. The van der Waals surface area contributed by atoms with Gasteiger partial charge >= 0.3 is 0 Å². The third-order valence-corrected chi connectivity index (χ3v) is 5.32. The Morgan fingerprint density at radius 3 is 2.23 bits per heavy atom. The molecule has 0 fully saturated rings. The highest BCUT2D eigenvalue weighted by Crippen LogP contribution is 2.45. The number of benzene rings is 2. The molecular formula is C21H24O. The van der Waals surface area contributed by atoms with Crippen molar-refractivity contribution < 1.29 is 5.11 Å². The second-order valence-electron chi connectivity index (χ2n) is 6.49. The largest absolute Gasteiger partial charge is 0.389 e. The molecule has 2 atom stereocenters. The molecule has 0 saturated carbocycles. The maximum absolute atomic E-state index is 10.4. The monoisotopic (exact) mass is 292 g/mol. The predicted molar refractivity (Wildman–Crippen MR) is 94.7 cm³/mol. The van der Waals surface area contributed by atoms with E-state index in [2.05, 4.69) is 52.0 Å². The molecule has 0 aromatic heterocycles. The van der Waals surface area contributed by atoms with Gasteiger partial charge in [-0.25, -0.2) is 0 Å². The Bertz CT molecular complexity index is 806. The number of aliphatic hydroxyl groups is 1. The van der Waals surface area contributed by atoms with E-state index in [0.29, 0.717) is 5.92 Å². The quantitative estimate of drug-likeness (QED) is 0.758. The van der Waals surface area contributed by atoms with Crippen LogP contribution in [0.4, 0.5) is 0 Å². The van der Waals surface area contributed by atoms with Crippen LogP contribution >= 0.6 is 0 Å². The molecule has 0 radical (unpaired) electrons. The van der Waals surface area contributed by atoms with E-state index in [4.69, 9.17) is 0 Å². The van der Waals surface area contributed by atoms with Crippen LogP contribution in [-0.2, 0) is 0 Å². The third kappa shape index (κ3) is 2.12. The lowest BCUT2D eigenvalue weighted by Gasteiger charge is -2.20. The topological polar surface area (TPSA) is 20.2 Å². The maximum Gasteiger partial charge on any atom is 0.0773 e. The van der Waals surface area contributed by atoms with E-state index in [9.17, 15) is 5.11 Å². The van der Waals surface area contributed by atoms with Crippen molar-refractivity contribution in [1.29, 1.82) is 0 Å². The lowest BCUT2D eigenvalue weighted by molar-refractivity contribution is 0.200. The molecule has 1 N–H and O–H groups in total. The van der Waals surface area contributed by atoms with Gasteiger partial charge in [0, 0.05) is 5.92 Å². The van der Waals surface area contributed by atoms with Gasteiger partial charge in [0.2, 0.25) is 0 Å². The number of allylic oxidation sites excluding steroid dienone is 4. The predicted octanol–water partition coefficient (Wildman–Crippen LogP) is 5.65. The summed E-state index contributed by atoms with van der Waals surface area (Å²) >= 11 is 0. The fraction of sp³-hybridized carbons (Fsp3) is 0.333. The first-order valence-electron chi connectivity index (χ1n) is 8.02. The Labute approximate surface area is 133 Å². The molecular weight excluding hydrogens is 268 g/mol. The average molecular weight is 292 g/mol. The SMILES string of the molecule is CC1=C(C)C(C)C(c2ccc3ccccc3c2C(C)O)=C1C. The Morgan fingerprint density at radius 2 is 1.64 bits per heavy atom. The molecule has 114 valence electrons. The van der Waals surface area contributed by atoms with Crippen LogP contribution in [0.25, 0.3) is 16.3 Å². The molecule has 1 aliphatic carbocycles. The van der Waals surface area contributed by atoms with E-state index in [1.165, 1.54) is 33.2 Å². The molecule has 0 heterocycles. The van der Waals surface area contributed by atoms with Crippen molar-refractivity contribution in [3.05, 3.63) is 64.2 Å². The molecule has 0 aliphatic heterocycles. The zero-order valence-electron chi connectivity index (χ0n) is 14.1. The van der Waals surface area contributed by atoms with Crippen molar-refractivity contribution in [1.82, 2.24) is 0 Å². The van der Waals surface area contributed by atoms with Gasteiger partial charge in [0.1, 0.15) is 0 Å². The van der Waals surface area contributed by atoms with Gasteiger partial charge in [-0.2, -0.15) is 0 Å². The first-order chi connectivity index (χ1) is 10.4. The Morgan fingerprint density at radius 1 is 0.955 bits per heavy atom. The smallest absolute Gasteiger partial charge is 0.0773 e. The van der Waals surface area contributed by atoms with Gasteiger partial charge in [0.05, 0.1) is 6.10 Å². The first-order valence-corrected chi connectivity index (χ1v) is 8.02. The fourth-order valence-corrected chi connectivity index (χ4v) is 3.78. The van der Waals surface area contributed by atoms with E-state index in [0.717, 1.165) is 10.9 Å². The van der Waals surface area contributed by atoms with Crippen LogP contribution < -0.4 is 0 Å². The van der Waals surface area contributed by atoms with Crippen molar-refractivity contribution >= 4 is 16.3 Å². The van der Waals surface area contributed by atoms with Crippen LogP contribution in [0.5, 0.6) is 0 Å².